The second kappa shape index (κ2) is 5.45. The maximum absolute atomic E-state index is 5.88. The zero-order valence-corrected chi connectivity index (χ0v) is 12.7. The normalized spacial score (nSPS) is 29.3. The minimum Gasteiger partial charge on any atom is -0.441 e. The molecule has 0 saturated heterocycles. The molecule has 2 bridgehead atoms. The summed E-state index contributed by atoms with van der Waals surface area (Å²) in [5.74, 6) is 3.82. The van der Waals surface area contributed by atoms with Gasteiger partial charge in [-0.1, -0.05) is 18.6 Å². The lowest BCUT2D eigenvalue weighted by molar-refractivity contribution is 0.276. The van der Waals surface area contributed by atoms with Crippen molar-refractivity contribution in [2.45, 2.75) is 44.6 Å². The van der Waals surface area contributed by atoms with Gasteiger partial charge in [0.15, 0.2) is 11.5 Å². The zero-order valence-electron chi connectivity index (χ0n) is 12.7. The topological polar surface area (TPSA) is 38.1 Å². The molecule has 2 aliphatic rings. The van der Waals surface area contributed by atoms with Crippen LogP contribution in [0, 0.1) is 17.8 Å². The van der Waals surface area contributed by atoms with Gasteiger partial charge in [-0.3, -0.25) is 0 Å². The lowest BCUT2D eigenvalue weighted by Gasteiger charge is -2.25. The Labute approximate surface area is 126 Å². The summed E-state index contributed by atoms with van der Waals surface area (Å²) >= 11 is 0. The van der Waals surface area contributed by atoms with Gasteiger partial charge in [0.25, 0.3) is 0 Å². The Kier molecular flexibility index (Phi) is 3.46. The second-order valence-electron chi connectivity index (χ2n) is 6.94. The monoisotopic (exact) mass is 284 g/mol. The van der Waals surface area contributed by atoms with E-state index in [1.165, 1.54) is 32.1 Å². The summed E-state index contributed by atoms with van der Waals surface area (Å²) in [6.07, 6.45) is 8.07. The van der Waals surface area contributed by atoms with Crippen molar-refractivity contribution in [2.75, 3.05) is 7.05 Å². The molecule has 2 aromatic rings. The lowest BCUT2D eigenvalue weighted by atomic mass is 9.83. The predicted octanol–water partition coefficient (Wildman–Crippen LogP) is 3.78. The molecule has 4 atom stereocenters. The van der Waals surface area contributed by atoms with Gasteiger partial charge in [-0.05, 0) is 62.6 Å². The Morgan fingerprint density at radius 3 is 2.90 bits per heavy atom. The van der Waals surface area contributed by atoms with Crippen LogP contribution < -0.4 is 5.32 Å². The first-order valence-electron chi connectivity index (χ1n) is 8.33. The molecule has 1 N–H and O–H groups in total. The van der Waals surface area contributed by atoms with Gasteiger partial charge in [-0.15, -0.1) is 0 Å². The highest BCUT2D eigenvalue weighted by Gasteiger charge is 2.40. The smallest absolute Gasteiger partial charge is 0.197 e. The summed E-state index contributed by atoms with van der Waals surface area (Å²) in [6, 6.07) is 8.52. The van der Waals surface area contributed by atoms with Gasteiger partial charge >= 0.3 is 0 Å². The third kappa shape index (κ3) is 2.59. The summed E-state index contributed by atoms with van der Waals surface area (Å²) in [5, 5.41) is 3.48. The summed E-state index contributed by atoms with van der Waals surface area (Å²) in [6.45, 7) is 0. The van der Waals surface area contributed by atoms with E-state index >= 15 is 0 Å². The Morgan fingerprint density at radius 1 is 1.29 bits per heavy atom. The summed E-state index contributed by atoms with van der Waals surface area (Å²) in [4.78, 5) is 4.62. The number of fused-ring (bicyclic) bond motifs is 3. The van der Waals surface area contributed by atoms with Crippen molar-refractivity contribution in [3.8, 4) is 0 Å². The number of rotatable bonds is 5. The van der Waals surface area contributed by atoms with Crippen molar-refractivity contribution in [3.63, 3.8) is 0 Å². The SMILES string of the molecule is CNC(Cc1nc2ccccc2o1)CC1CC2CCC1C2. The maximum atomic E-state index is 5.88. The van der Waals surface area contributed by atoms with E-state index < -0.39 is 0 Å². The Hall–Kier alpha value is -1.35. The molecule has 2 fully saturated rings. The molecule has 3 heteroatoms. The number of nitrogens with one attached hydrogen (secondary N) is 1. The molecule has 4 unspecified atom stereocenters. The van der Waals surface area contributed by atoms with Crippen LogP contribution in [-0.2, 0) is 6.42 Å². The highest BCUT2D eigenvalue weighted by Crippen LogP contribution is 2.49. The molecular formula is C18H24N2O. The van der Waals surface area contributed by atoms with Gasteiger partial charge in [0.2, 0.25) is 0 Å². The number of oxazole rings is 1. The molecule has 2 aliphatic carbocycles. The summed E-state index contributed by atoms with van der Waals surface area (Å²) < 4.78 is 5.88. The van der Waals surface area contributed by atoms with Crippen molar-refractivity contribution < 1.29 is 4.42 Å². The Bertz CT molecular complexity index is 587. The molecule has 21 heavy (non-hydrogen) atoms. The van der Waals surface area contributed by atoms with Crippen LogP contribution in [0.3, 0.4) is 0 Å². The largest absolute Gasteiger partial charge is 0.441 e. The van der Waals surface area contributed by atoms with Crippen LogP contribution in [0.15, 0.2) is 28.7 Å². The summed E-state index contributed by atoms with van der Waals surface area (Å²) in [5.41, 5.74) is 1.88. The summed E-state index contributed by atoms with van der Waals surface area (Å²) in [7, 11) is 2.07. The molecule has 1 aromatic heterocycles. The molecule has 4 rings (SSSR count). The molecule has 112 valence electrons. The van der Waals surface area contributed by atoms with Gasteiger partial charge in [0.1, 0.15) is 5.52 Å². The first-order valence-corrected chi connectivity index (χ1v) is 8.33. The molecule has 2 saturated carbocycles. The molecule has 0 amide bonds. The number of para-hydroxylation sites is 2. The predicted molar refractivity (Wildman–Crippen MR) is 84.1 cm³/mol. The number of hydrogen-bond donors (Lipinski definition) is 1. The van der Waals surface area contributed by atoms with Gasteiger partial charge in [0, 0.05) is 12.5 Å². The number of hydrogen-bond acceptors (Lipinski definition) is 3. The molecule has 0 radical (unpaired) electrons. The van der Waals surface area contributed by atoms with Crippen molar-refractivity contribution in [1.29, 1.82) is 0 Å². The van der Waals surface area contributed by atoms with E-state index in [9.17, 15) is 0 Å². The van der Waals surface area contributed by atoms with Gasteiger partial charge in [-0.25, -0.2) is 4.98 Å². The fourth-order valence-corrected chi connectivity index (χ4v) is 4.55. The van der Waals surface area contributed by atoms with E-state index in [1.54, 1.807) is 0 Å². The number of likely N-dealkylation sites (N-methyl/N-ethyl adjacent to an activating group) is 1. The van der Waals surface area contributed by atoms with E-state index in [2.05, 4.69) is 17.3 Å². The van der Waals surface area contributed by atoms with Crippen LogP contribution in [0.2, 0.25) is 0 Å². The van der Waals surface area contributed by atoms with Crippen LogP contribution in [0.5, 0.6) is 0 Å². The van der Waals surface area contributed by atoms with E-state index in [0.717, 1.165) is 41.2 Å². The number of benzene rings is 1. The first kappa shape index (κ1) is 13.3. The highest BCUT2D eigenvalue weighted by atomic mass is 16.3. The number of aromatic nitrogens is 1. The average molecular weight is 284 g/mol. The first-order chi connectivity index (χ1) is 10.3. The van der Waals surface area contributed by atoms with Crippen LogP contribution in [-0.4, -0.2) is 18.1 Å². The molecule has 0 spiro atoms. The minimum absolute atomic E-state index is 0.488. The lowest BCUT2D eigenvalue weighted by Crippen LogP contribution is -2.31. The molecule has 1 heterocycles. The molecule has 0 aliphatic heterocycles. The van der Waals surface area contributed by atoms with Crippen molar-refractivity contribution in [2.24, 2.45) is 17.8 Å². The number of nitrogens with zero attached hydrogens (tertiary/aromatic N) is 1. The van der Waals surface area contributed by atoms with E-state index in [0.29, 0.717) is 6.04 Å². The van der Waals surface area contributed by atoms with E-state index in [-0.39, 0.29) is 0 Å². The Balaban J connectivity index is 1.44. The van der Waals surface area contributed by atoms with Crippen LogP contribution >= 0.6 is 0 Å². The fourth-order valence-electron chi connectivity index (χ4n) is 4.55. The van der Waals surface area contributed by atoms with Crippen molar-refractivity contribution in [1.82, 2.24) is 10.3 Å². The molecule has 3 nitrogen and oxygen atoms in total. The quantitative estimate of drug-likeness (QED) is 0.908. The third-order valence-corrected chi connectivity index (χ3v) is 5.64. The van der Waals surface area contributed by atoms with Gasteiger partial charge in [-0.2, -0.15) is 0 Å². The standard InChI is InChI=1S/C18H24N2O/c1-19-15(10-14-9-12-6-7-13(14)8-12)11-18-20-16-4-2-3-5-17(16)21-18/h2-5,12-15,19H,6-11H2,1H3. The second-order valence-corrected chi connectivity index (χ2v) is 6.94. The maximum Gasteiger partial charge on any atom is 0.197 e. The van der Waals surface area contributed by atoms with Crippen LogP contribution in [0.4, 0.5) is 0 Å². The van der Waals surface area contributed by atoms with Crippen LogP contribution in [0.1, 0.15) is 38.0 Å². The fraction of sp³-hybridized carbons (Fsp3) is 0.611. The van der Waals surface area contributed by atoms with Crippen molar-refractivity contribution >= 4 is 11.1 Å². The minimum atomic E-state index is 0.488. The molecule has 1 aromatic carbocycles. The van der Waals surface area contributed by atoms with Gasteiger partial charge < -0.3 is 9.73 Å². The average Bonchev–Trinajstić information content (AvgIpc) is 3.20. The molecular weight excluding hydrogens is 260 g/mol. The van der Waals surface area contributed by atoms with E-state index in [1.807, 2.05) is 24.3 Å². The van der Waals surface area contributed by atoms with E-state index in [4.69, 9.17) is 4.42 Å². The zero-order chi connectivity index (χ0) is 14.2. The third-order valence-electron chi connectivity index (χ3n) is 5.64. The van der Waals surface area contributed by atoms with Gasteiger partial charge in [0.05, 0.1) is 0 Å². The Morgan fingerprint density at radius 2 is 2.19 bits per heavy atom. The van der Waals surface area contributed by atoms with Crippen LogP contribution in [0.25, 0.3) is 11.1 Å². The van der Waals surface area contributed by atoms with Crippen molar-refractivity contribution in [3.05, 3.63) is 30.2 Å². The highest BCUT2D eigenvalue weighted by molar-refractivity contribution is 5.72.